The molecule has 25 heavy (non-hydrogen) atoms. The molecular weight excluding hydrogens is 324 g/mol. The van der Waals surface area contributed by atoms with Crippen LogP contribution in [0, 0.1) is 11.3 Å². The van der Waals surface area contributed by atoms with Crippen LogP contribution in [0.4, 0.5) is 4.79 Å². The van der Waals surface area contributed by atoms with Crippen LogP contribution in [0.5, 0.6) is 0 Å². The third kappa shape index (κ3) is 9.65. The molecule has 7 heteroatoms. The van der Waals surface area contributed by atoms with Crippen molar-refractivity contribution in [3.05, 3.63) is 0 Å². The lowest BCUT2D eigenvalue weighted by molar-refractivity contribution is -0.148. The summed E-state index contributed by atoms with van der Waals surface area (Å²) in [5.41, 5.74) is 4.00. The van der Waals surface area contributed by atoms with Gasteiger partial charge in [0.2, 0.25) is 0 Å². The van der Waals surface area contributed by atoms with Crippen LogP contribution in [-0.4, -0.2) is 49.1 Å². The number of ether oxygens (including phenoxy) is 2. The molecule has 0 bridgehead atoms. The van der Waals surface area contributed by atoms with E-state index < -0.39 is 17.5 Å². The fourth-order valence-electron chi connectivity index (χ4n) is 2.79. The number of hydrogen-bond donors (Lipinski definition) is 3. The van der Waals surface area contributed by atoms with Gasteiger partial charge in [-0.1, -0.05) is 33.6 Å². The predicted molar refractivity (Wildman–Crippen MR) is 97.1 cm³/mol. The molecule has 0 aromatic rings. The maximum Gasteiger partial charge on any atom is 0.407 e. The number of carbonyl (C=O) groups is 2. The minimum Gasteiger partial charge on any atom is -0.464 e. The third-order valence-electron chi connectivity index (χ3n) is 4.38. The lowest BCUT2D eigenvalue weighted by Crippen LogP contribution is -2.46. The Morgan fingerprint density at radius 3 is 2.28 bits per heavy atom. The first-order valence-electron chi connectivity index (χ1n) is 9.05. The number of amides is 1. The van der Waals surface area contributed by atoms with E-state index in [1.54, 1.807) is 0 Å². The largest absolute Gasteiger partial charge is 0.464 e. The lowest BCUT2D eigenvalue weighted by atomic mass is 9.88. The number of esters is 1. The summed E-state index contributed by atoms with van der Waals surface area (Å²) in [7, 11) is 0. The molecule has 0 radical (unpaired) electrons. The molecular formula is C18H36N2O5. The van der Waals surface area contributed by atoms with Gasteiger partial charge in [-0.2, -0.15) is 0 Å². The van der Waals surface area contributed by atoms with Gasteiger partial charge < -0.3 is 25.6 Å². The highest BCUT2D eigenvalue weighted by molar-refractivity contribution is 5.71. The quantitative estimate of drug-likeness (QED) is 0.460. The number of nitrogens with one attached hydrogen (secondary N) is 1. The molecule has 1 amide bonds. The van der Waals surface area contributed by atoms with Crippen molar-refractivity contribution in [1.29, 1.82) is 0 Å². The van der Waals surface area contributed by atoms with E-state index in [1.165, 1.54) is 0 Å². The molecule has 0 fully saturated rings. The van der Waals surface area contributed by atoms with Gasteiger partial charge >= 0.3 is 12.1 Å². The van der Waals surface area contributed by atoms with E-state index in [2.05, 4.69) is 19.2 Å². The molecule has 0 aliphatic heterocycles. The van der Waals surface area contributed by atoms with E-state index in [9.17, 15) is 14.7 Å². The van der Waals surface area contributed by atoms with E-state index in [1.807, 2.05) is 20.8 Å². The van der Waals surface area contributed by atoms with Gasteiger partial charge in [0, 0.05) is 5.54 Å². The van der Waals surface area contributed by atoms with E-state index >= 15 is 0 Å². The summed E-state index contributed by atoms with van der Waals surface area (Å²) in [4.78, 5) is 23.4. The number of alkyl carbamates (subject to hydrolysis) is 1. The molecule has 0 saturated carbocycles. The van der Waals surface area contributed by atoms with E-state index in [0.29, 0.717) is 12.3 Å². The van der Waals surface area contributed by atoms with E-state index in [4.69, 9.17) is 15.2 Å². The molecule has 2 atom stereocenters. The van der Waals surface area contributed by atoms with Crippen molar-refractivity contribution in [3.63, 3.8) is 0 Å². The van der Waals surface area contributed by atoms with Crippen LogP contribution >= 0.6 is 0 Å². The van der Waals surface area contributed by atoms with Crippen LogP contribution in [0.3, 0.4) is 0 Å². The molecule has 148 valence electrons. The number of rotatable bonds is 12. The Hall–Kier alpha value is -1.34. The summed E-state index contributed by atoms with van der Waals surface area (Å²) >= 11 is 0. The van der Waals surface area contributed by atoms with Crippen molar-refractivity contribution in [2.75, 3.05) is 26.4 Å². The average molecular weight is 360 g/mol. The maximum atomic E-state index is 12.1. The summed E-state index contributed by atoms with van der Waals surface area (Å²) in [5, 5.41) is 12.5. The summed E-state index contributed by atoms with van der Waals surface area (Å²) in [6.45, 7) is 9.50. The van der Waals surface area contributed by atoms with Crippen LogP contribution in [0.25, 0.3) is 0 Å². The minimum atomic E-state index is -0.818. The van der Waals surface area contributed by atoms with Crippen LogP contribution in [0.2, 0.25) is 0 Å². The highest BCUT2D eigenvalue weighted by Crippen LogP contribution is 2.23. The lowest BCUT2D eigenvalue weighted by Gasteiger charge is -2.32. The van der Waals surface area contributed by atoms with Crippen LogP contribution in [0.1, 0.15) is 60.3 Å². The summed E-state index contributed by atoms with van der Waals surface area (Å²) < 4.78 is 10.3. The molecule has 4 N–H and O–H groups in total. The molecule has 0 rings (SSSR count). The standard InChI is InChI=1S/C18H36N2O5/c1-6-8-14(3)9-17(4,5)20-16(23)25-13-18(7-2,11-21)12-24-15(22)10-19/h14,21H,6-13,19H2,1-5H3,(H,20,23). The normalized spacial score (nSPS) is 15.2. The Morgan fingerprint density at radius 2 is 1.80 bits per heavy atom. The number of nitrogens with two attached hydrogens (primary N) is 1. The maximum absolute atomic E-state index is 12.1. The monoisotopic (exact) mass is 360 g/mol. The Morgan fingerprint density at radius 1 is 1.20 bits per heavy atom. The van der Waals surface area contributed by atoms with Gasteiger partial charge in [0.25, 0.3) is 0 Å². The second kappa shape index (κ2) is 11.3. The van der Waals surface area contributed by atoms with Gasteiger partial charge in [-0.3, -0.25) is 4.79 Å². The van der Waals surface area contributed by atoms with E-state index in [-0.39, 0.29) is 31.9 Å². The topological polar surface area (TPSA) is 111 Å². The van der Waals surface area contributed by atoms with Crippen LogP contribution in [0.15, 0.2) is 0 Å². The summed E-state index contributed by atoms with van der Waals surface area (Å²) in [6, 6.07) is 0. The first-order valence-corrected chi connectivity index (χ1v) is 9.05. The zero-order chi connectivity index (χ0) is 19.5. The van der Waals surface area contributed by atoms with Gasteiger partial charge in [-0.15, -0.1) is 0 Å². The molecule has 0 aromatic carbocycles. The van der Waals surface area contributed by atoms with E-state index in [0.717, 1.165) is 19.3 Å². The van der Waals surface area contributed by atoms with Crippen LogP contribution in [-0.2, 0) is 14.3 Å². The SMILES string of the molecule is CCCC(C)CC(C)(C)NC(=O)OCC(CC)(CO)COC(=O)CN. The van der Waals surface area contributed by atoms with Crippen molar-refractivity contribution in [1.82, 2.24) is 5.32 Å². The minimum absolute atomic E-state index is 0.0374. The Labute approximate surface area is 151 Å². The van der Waals surface area contributed by atoms with Gasteiger partial charge in [0.05, 0.1) is 18.6 Å². The van der Waals surface area contributed by atoms with Gasteiger partial charge in [0.15, 0.2) is 0 Å². The third-order valence-corrected chi connectivity index (χ3v) is 4.38. The first kappa shape index (κ1) is 23.7. The smallest absolute Gasteiger partial charge is 0.407 e. The second-order valence-corrected chi connectivity index (χ2v) is 7.56. The summed E-state index contributed by atoms with van der Waals surface area (Å²) in [5.74, 6) is -0.0510. The molecule has 0 aliphatic rings. The van der Waals surface area contributed by atoms with Crippen LogP contribution < -0.4 is 11.1 Å². The summed E-state index contributed by atoms with van der Waals surface area (Å²) in [6.07, 6.45) is 3.02. The Balaban J connectivity index is 4.57. The van der Waals surface area contributed by atoms with Crippen molar-refractivity contribution in [3.8, 4) is 0 Å². The second-order valence-electron chi connectivity index (χ2n) is 7.56. The number of aliphatic hydroxyl groups excluding tert-OH is 1. The fraction of sp³-hybridized carbons (Fsp3) is 0.889. The highest BCUT2D eigenvalue weighted by atomic mass is 16.6. The van der Waals surface area contributed by atoms with Gasteiger partial charge in [-0.05, 0) is 32.6 Å². The molecule has 0 heterocycles. The van der Waals surface area contributed by atoms with Gasteiger partial charge in [-0.25, -0.2) is 4.79 Å². The van der Waals surface area contributed by atoms with Crippen molar-refractivity contribution < 1.29 is 24.2 Å². The van der Waals surface area contributed by atoms with Gasteiger partial charge in [0.1, 0.15) is 13.2 Å². The number of hydrogen-bond acceptors (Lipinski definition) is 6. The number of carbonyl (C=O) groups excluding carboxylic acids is 2. The molecule has 7 nitrogen and oxygen atoms in total. The molecule has 2 unspecified atom stereocenters. The fourth-order valence-corrected chi connectivity index (χ4v) is 2.79. The molecule has 0 saturated heterocycles. The molecule has 0 aliphatic carbocycles. The van der Waals surface area contributed by atoms with Crippen molar-refractivity contribution >= 4 is 12.1 Å². The average Bonchev–Trinajstić information content (AvgIpc) is 2.54. The number of aliphatic hydroxyl groups is 1. The predicted octanol–water partition coefficient (Wildman–Crippen LogP) is 2.21. The molecule has 0 spiro atoms. The first-order chi connectivity index (χ1) is 11.6. The van der Waals surface area contributed by atoms with Crippen molar-refractivity contribution in [2.45, 2.75) is 65.8 Å². The van der Waals surface area contributed by atoms with Crippen molar-refractivity contribution in [2.24, 2.45) is 17.1 Å². The Kier molecular flexibility index (Phi) is 10.7. The highest BCUT2D eigenvalue weighted by Gasteiger charge is 2.32. The molecule has 0 aromatic heterocycles. The Bertz CT molecular complexity index is 408. The zero-order valence-corrected chi connectivity index (χ0v) is 16.4. The zero-order valence-electron chi connectivity index (χ0n) is 16.4.